The lowest BCUT2D eigenvalue weighted by atomic mass is 9.93. The monoisotopic (exact) mass is 424 g/mol. The number of aryl methyl sites for hydroxylation is 1. The van der Waals surface area contributed by atoms with Crippen LogP contribution < -0.4 is 4.74 Å². The highest BCUT2D eigenvalue weighted by atomic mass is 16.5. The van der Waals surface area contributed by atoms with Gasteiger partial charge >= 0.3 is 0 Å². The number of rotatable bonds is 6. The Balaban J connectivity index is 1.82. The summed E-state index contributed by atoms with van der Waals surface area (Å²) < 4.78 is 7.78. The lowest BCUT2D eigenvalue weighted by molar-refractivity contribution is 0.0748. The van der Waals surface area contributed by atoms with Gasteiger partial charge in [0, 0.05) is 41.2 Å². The van der Waals surface area contributed by atoms with Gasteiger partial charge in [0.05, 0.1) is 18.8 Å². The number of benzene rings is 3. The summed E-state index contributed by atoms with van der Waals surface area (Å²) in [5.74, 6) is 0.952. The third-order valence-corrected chi connectivity index (χ3v) is 6.57. The maximum atomic E-state index is 13.5. The van der Waals surface area contributed by atoms with Crippen LogP contribution in [-0.4, -0.2) is 29.0 Å². The van der Waals surface area contributed by atoms with Crippen LogP contribution in [0.2, 0.25) is 0 Å². The molecule has 0 fully saturated rings. The molecule has 0 saturated heterocycles. The van der Waals surface area contributed by atoms with E-state index in [2.05, 4.69) is 65.9 Å². The van der Waals surface area contributed by atoms with Crippen LogP contribution in [0, 0.1) is 0 Å². The molecule has 0 bridgehead atoms. The Kier molecular flexibility index (Phi) is 5.22. The second-order valence-electron chi connectivity index (χ2n) is 8.41. The molecule has 1 aromatic heterocycles. The highest BCUT2D eigenvalue weighted by Crippen LogP contribution is 2.46. The van der Waals surface area contributed by atoms with Crippen molar-refractivity contribution >= 4 is 16.8 Å². The van der Waals surface area contributed by atoms with E-state index in [4.69, 9.17) is 4.74 Å². The topological polar surface area (TPSA) is 34.5 Å². The number of carbonyl (C=O) groups is 1. The molecule has 162 valence electrons. The lowest BCUT2D eigenvalue weighted by Crippen LogP contribution is -2.30. The number of ether oxygens (including phenoxy) is 1. The Morgan fingerprint density at radius 3 is 2.56 bits per heavy atom. The Bertz CT molecular complexity index is 1300. The number of fused-ring (bicyclic) bond motifs is 2. The molecule has 1 atom stereocenters. The van der Waals surface area contributed by atoms with Crippen LogP contribution >= 0.6 is 0 Å². The van der Waals surface area contributed by atoms with E-state index in [1.807, 2.05) is 30.3 Å². The van der Waals surface area contributed by atoms with Gasteiger partial charge in [-0.15, -0.1) is 0 Å². The third kappa shape index (κ3) is 3.10. The number of unbranched alkanes of at least 4 members (excludes halogenated alkanes) is 1. The number of aromatic nitrogens is 1. The van der Waals surface area contributed by atoms with Gasteiger partial charge in [0.2, 0.25) is 0 Å². The minimum absolute atomic E-state index is 0.113. The van der Waals surface area contributed by atoms with E-state index < -0.39 is 0 Å². The van der Waals surface area contributed by atoms with E-state index in [9.17, 15) is 4.79 Å². The summed E-state index contributed by atoms with van der Waals surface area (Å²) >= 11 is 0. The Morgan fingerprint density at radius 1 is 0.969 bits per heavy atom. The van der Waals surface area contributed by atoms with Gasteiger partial charge in [-0.3, -0.25) is 4.79 Å². The molecule has 0 unspecified atom stereocenters. The van der Waals surface area contributed by atoms with Crippen LogP contribution in [-0.2, 0) is 7.05 Å². The third-order valence-electron chi connectivity index (χ3n) is 6.57. The standard InChI is InChI=1S/C28H28N2O2/c1-4-5-17-30-27(21-13-6-7-14-22(21)28(30)31)25-23-15-8-9-16-24(23)29(2)26(25)19-11-10-12-20(18-19)32-3/h6-16,18,27H,4-5,17H2,1-3H3/t27-/m0/s1. The minimum Gasteiger partial charge on any atom is -0.497 e. The summed E-state index contributed by atoms with van der Waals surface area (Å²) in [5.41, 5.74) is 6.47. The van der Waals surface area contributed by atoms with Crippen molar-refractivity contribution in [2.75, 3.05) is 13.7 Å². The summed E-state index contributed by atoms with van der Waals surface area (Å²) in [6, 6.07) is 24.7. The molecule has 0 spiro atoms. The first-order valence-electron chi connectivity index (χ1n) is 11.3. The molecule has 5 rings (SSSR count). The van der Waals surface area contributed by atoms with Gasteiger partial charge in [0.1, 0.15) is 5.75 Å². The average molecular weight is 425 g/mol. The van der Waals surface area contributed by atoms with Crippen LogP contribution in [0.1, 0.15) is 47.3 Å². The molecule has 0 saturated carbocycles. The number of carbonyl (C=O) groups excluding carboxylic acids is 1. The van der Waals surface area contributed by atoms with Crippen molar-refractivity contribution < 1.29 is 9.53 Å². The summed E-state index contributed by atoms with van der Waals surface area (Å²) in [7, 11) is 3.81. The van der Waals surface area contributed by atoms with Gasteiger partial charge < -0.3 is 14.2 Å². The van der Waals surface area contributed by atoms with Gasteiger partial charge in [-0.05, 0) is 36.2 Å². The van der Waals surface area contributed by atoms with E-state index in [0.717, 1.165) is 53.0 Å². The van der Waals surface area contributed by atoms with Gasteiger partial charge in [0.15, 0.2) is 0 Å². The summed E-state index contributed by atoms with van der Waals surface area (Å²) in [4.78, 5) is 15.5. The zero-order valence-corrected chi connectivity index (χ0v) is 18.8. The fraction of sp³-hybridized carbons (Fsp3) is 0.250. The van der Waals surface area contributed by atoms with Crippen molar-refractivity contribution in [3.63, 3.8) is 0 Å². The maximum Gasteiger partial charge on any atom is 0.255 e. The van der Waals surface area contributed by atoms with Gasteiger partial charge in [0.25, 0.3) is 5.91 Å². The Hall–Kier alpha value is -3.53. The van der Waals surface area contributed by atoms with Gasteiger partial charge in [-0.1, -0.05) is 61.9 Å². The van der Waals surface area contributed by atoms with Crippen LogP contribution in [0.25, 0.3) is 22.2 Å². The second kappa shape index (κ2) is 8.19. The molecule has 4 heteroatoms. The fourth-order valence-corrected chi connectivity index (χ4v) is 5.06. The van der Waals surface area contributed by atoms with Crippen molar-refractivity contribution in [1.29, 1.82) is 0 Å². The number of hydrogen-bond acceptors (Lipinski definition) is 2. The molecule has 4 nitrogen and oxygen atoms in total. The summed E-state index contributed by atoms with van der Waals surface area (Å²) in [6.45, 7) is 2.91. The van der Waals surface area contributed by atoms with E-state index in [1.54, 1.807) is 7.11 Å². The molecule has 0 aliphatic carbocycles. The number of nitrogens with zero attached hydrogens (tertiary/aromatic N) is 2. The van der Waals surface area contributed by atoms with Crippen molar-refractivity contribution in [2.45, 2.75) is 25.8 Å². The van der Waals surface area contributed by atoms with E-state index in [0.29, 0.717) is 0 Å². The molecule has 4 aromatic rings. The number of amides is 1. The van der Waals surface area contributed by atoms with Crippen molar-refractivity contribution in [1.82, 2.24) is 9.47 Å². The van der Waals surface area contributed by atoms with Crippen LogP contribution in [0.3, 0.4) is 0 Å². The highest BCUT2D eigenvalue weighted by Gasteiger charge is 2.40. The molecule has 0 radical (unpaired) electrons. The van der Waals surface area contributed by atoms with Crippen LogP contribution in [0.5, 0.6) is 5.75 Å². The fourth-order valence-electron chi connectivity index (χ4n) is 5.06. The Labute approximate surface area is 189 Å². The first-order valence-corrected chi connectivity index (χ1v) is 11.3. The molecule has 32 heavy (non-hydrogen) atoms. The largest absolute Gasteiger partial charge is 0.497 e. The normalized spacial score (nSPS) is 15.4. The van der Waals surface area contributed by atoms with Crippen LogP contribution in [0.4, 0.5) is 0 Å². The second-order valence-corrected chi connectivity index (χ2v) is 8.41. The highest BCUT2D eigenvalue weighted by molar-refractivity contribution is 6.02. The number of para-hydroxylation sites is 1. The molecular formula is C28H28N2O2. The molecule has 1 aliphatic heterocycles. The van der Waals surface area contributed by atoms with Crippen molar-refractivity contribution in [3.8, 4) is 17.0 Å². The SMILES string of the molecule is CCCCN1C(=O)c2ccccc2[C@H]1c1c(-c2cccc(OC)c2)n(C)c2ccccc12. The molecule has 3 aromatic carbocycles. The number of hydrogen-bond donors (Lipinski definition) is 0. The first kappa shape index (κ1) is 20.4. The Morgan fingerprint density at radius 2 is 1.75 bits per heavy atom. The van der Waals surface area contributed by atoms with Gasteiger partial charge in [-0.2, -0.15) is 0 Å². The van der Waals surface area contributed by atoms with Crippen LogP contribution in [0.15, 0.2) is 72.8 Å². The zero-order valence-electron chi connectivity index (χ0n) is 18.8. The van der Waals surface area contributed by atoms with Gasteiger partial charge in [-0.25, -0.2) is 0 Å². The predicted octanol–water partition coefficient (Wildman–Crippen LogP) is 6.20. The van der Waals surface area contributed by atoms with Crippen molar-refractivity contribution in [3.05, 3.63) is 89.5 Å². The van der Waals surface area contributed by atoms with E-state index in [-0.39, 0.29) is 11.9 Å². The van der Waals surface area contributed by atoms with E-state index >= 15 is 0 Å². The lowest BCUT2D eigenvalue weighted by Gasteiger charge is -2.27. The summed E-state index contributed by atoms with van der Waals surface area (Å²) in [5, 5.41) is 1.18. The van der Waals surface area contributed by atoms with Crippen molar-refractivity contribution in [2.24, 2.45) is 7.05 Å². The maximum absolute atomic E-state index is 13.5. The molecular weight excluding hydrogens is 396 g/mol. The predicted molar refractivity (Wildman–Crippen MR) is 129 cm³/mol. The molecule has 1 amide bonds. The number of methoxy groups -OCH3 is 1. The first-order chi connectivity index (χ1) is 15.7. The molecule has 0 N–H and O–H groups in total. The molecule has 2 heterocycles. The minimum atomic E-state index is -0.113. The quantitative estimate of drug-likeness (QED) is 0.369. The molecule has 1 aliphatic rings. The zero-order chi connectivity index (χ0) is 22.2. The average Bonchev–Trinajstić information content (AvgIpc) is 3.28. The smallest absolute Gasteiger partial charge is 0.255 e. The summed E-state index contributed by atoms with van der Waals surface area (Å²) in [6.07, 6.45) is 2.03. The van der Waals surface area contributed by atoms with E-state index in [1.165, 1.54) is 10.9 Å².